The van der Waals surface area contributed by atoms with Crippen molar-refractivity contribution in [2.75, 3.05) is 7.05 Å². The molecular formula is C8H16N2. The van der Waals surface area contributed by atoms with Crippen LogP contribution in [0.25, 0.3) is 0 Å². The first kappa shape index (κ1) is 9.21. The molecule has 0 aliphatic rings. The Morgan fingerprint density at radius 3 is 2.70 bits per heavy atom. The number of rotatable bonds is 4. The predicted octanol–water partition coefficient (Wildman–Crippen LogP) is 1.79. The van der Waals surface area contributed by atoms with E-state index in [0.717, 1.165) is 6.42 Å². The van der Waals surface area contributed by atoms with Crippen LogP contribution >= 0.6 is 0 Å². The molecular weight excluding hydrogens is 124 g/mol. The van der Waals surface area contributed by atoms with Crippen LogP contribution in [0.5, 0.6) is 0 Å². The van der Waals surface area contributed by atoms with Crippen LogP contribution in [0.3, 0.4) is 0 Å². The number of hydrogen-bond acceptors (Lipinski definition) is 2. The van der Waals surface area contributed by atoms with Crippen LogP contribution in [0, 0.1) is 11.3 Å². The van der Waals surface area contributed by atoms with Crippen LogP contribution in [0.1, 0.15) is 20.3 Å². The highest BCUT2D eigenvalue weighted by molar-refractivity contribution is 5.93. The van der Waals surface area contributed by atoms with Gasteiger partial charge in [0.15, 0.2) is 0 Å². The van der Waals surface area contributed by atoms with Gasteiger partial charge in [0.05, 0.1) is 0 Å². The molecule has 58 valence electrons. The van der Waals surface area contributed by atoms with Gasteiger partial charge in [0.1, 0.15) is 0 Å². The summed E-state index contributed by atoms with van der Waals surface area (Å²) in [5, 5.41) is 10.3. The summed E-state index contributed by atoms with van der Waals surface area (Å²) < 4.78 is 0. The molecule has 0 spiro atoms. The molecule has 0 aromatic heterocycles. The number of nitrogens with one attached hydrogen (secondary N) is 2. The summed E-state index contributed by atoms with van der Waals surface area (Å²) in [4.78, 5) is 0. The second-order valence-corrected chi connectivity index (χ2v) is 2.39. The molecule has 0 radical (unpaired) electrons. The van der Waals surface area contributed by atoms with Crippen LogP contribution in [0.2, 0.25) is 0 Å². The molecule has 1 unspecified atom stereocenters. The summed E-state index contributed by atoms with van der Waals surface area (Å²) >= 11 is 0. The van der Waals surface area contributed by atoms with E-state index in [0.29, 0.717) is 11.6 Å². The monoisotopic (exact) mass is 140 g/mol. The number of hydrogen-bond donors (Lipinski definition) is 2. The lowest BCUT2D eigenvalue weighted by atomic mass is 10.0. The van der Waals surface area contributed by atoms with E-state index < -0.39 is 0 Å². The van der Waals surface area contributed by atoms with Crippen LogP contribution in [0.15, 0.2) is 12.3 Å². The zero-order valence-corrected chi connectivity index (χ0v) is 6.94. The third kappa shape index (κ3) is 3.28. The molecule has 2 N–H and O–H groups in total. The molecule has 10 heavy (non-hydrogen) atoms. The standard InChI is InChI=1S/C8H16N2/c1-4-7(2)8(9)5-6-10-3/h5-7,9-10H,4H2,1-3H3/b6-5-,9-8?. The molecule has 0 aliphatic carbocycles. The summed E-state index contributed by atoms with van der Waals surface area (Å²) in [5.74, 6) is 0.379. The molecule has 0 aromatic rings. The normalized spacial score (nSPS) is 13.5. The molecule has 2 nitrogen and oxygen atoms in total. The fourth-order valence-electron chi connectivity index (χ4n) is 0.557. The van der Waals surface area contributed by atoms with Gasteiger partial charge < -0.3 is 10.7 Å². The molecule has 0 bridgehead atoms. The van der Waals surface area contributed by atoms with E-state index in [1.807, 2.05) is 7.05 Å². The van der Waals surface area contributed by atoms with Gasteiger partial charge in [0, 0.05) is 12.8 Å². The second-order valence-electron chi connectivity index (χ2n) is 2.39. The fraction of sp³-hybridized carbons (Fsp3) is 0.625. The summed E-state index contributed by atoms with van der Waals surface area (Å²) in [5.41, 5.74) is 0.692. The zero-order chi connectivity index (χ0) is 7.98. The molecule has 0 amide bonds. The van der Waals surface area contributed by atoms with Crippen molar-refractivity contribution < 1.29 is 0 Å². The van der Waals surface area contributed by atoms with Crippen LogP contribution in [-0.4, -0.2) is 12.8 Å². The lowest BCUT2D eigenvalue weighted by molar-refractivity contribution is 0.738. The van der Waals surface area contributed by atoms with Crippen molar-refractivity contribution in [3.63, 3.8) is 0 Å². The minimum atomic E-state index is 0.379. The smallest absolute Gasteiger partial charge is 0.0356 e. The fourth-order valence-corrected chi connectivity index (χ4v) is 0.557. The summed E-state index contributed by atoms with van der Waals surface area (Å²) in [6.07, 6.45) is 4.62. The Bertz CT molecular complexity index is 127. The van der Waals surface area contributed by atoms with E-state index in [2.05, 4.69) is 19.2 Å². The highest BCUT2D eigenvalue weighted by Crippen LogP contribution is 2.02. The predicted molar refractivity (Wildman–Crippen MR) is 45.4 cm³/mol. The first-order valence-electron chi connectivity index (χ1n) is 3.64. The minimum Gasteiger partial charge on any atom is -0.394 e. The van der Waals surface area contributed by atoms with Gasteiger partial charge in [0.25, 0.3) is 0 Å². The Kier molecular flexibility index (Phi) is 4.63. The summed E-state index contributed by atoms with van der Waals surface area (Å²) in [6.45, 7) is 4.15. The SMILES string of the molecule is CCC(C)C(=N)/C=C\NC. The van der Waals surface area contributed by atoms with Crippen molar-refractivity contribution in [3.05, 3.63) is 12.3 Å². The third-order valence-electron chi connectivity index (χ3n) is 1.57. The minimum absolute atomic E-state index is 0.379. The van der Waals surface area contributed by atoms with Gasteiger partial charge in [0.2, 0.25) is 0 Å². The van der Waals surface area contributed by atoms with E-state index in [1.54, 1.807) is 12.3 Å². The van der Waals surface area contributed by atoms with Crippen LogP contribution < -0.4 is 5.32 Å². The van der Waals surface area contributed by atoms with E-state index >= 15 is 0 Å². The molecule has 0 saturated carbocycles. The van der Waals surface area contributed by atoms with E-state index in [9.17, 15) is 0 Å². The highest BCUT2D eigenvalue weighted by atomic mass is 14.8. The maximum Gasteiger partial charge on any atom is 0.0356 e. The van der Waals surface area contributed by atoms with Gasteiger partial charge in [-0.25, -0.2) is 0 Å². The van der Waals surface area contributed by atoms with E-state index in [1.165, 1.54) is 0 Å². The van der Waals surface area contributed by atoms with Gasteiger partial charge in [-0.15, -0.1) is 0 Å². The lowest BCUT2D eigenvalue weighted by Gasteiger charge is -2.04. The van der Waals surface area contributed by atoms with Gasteiger partial charge in [-0.3, -0.25) is 0 Å². The third-order valence-corrected chi connectivity index (χ3v) is 1.57. The van der Waals surface area contributed by atoms with Crippen molar-refractivity contribution in [2.24, 2.45) is 5.92 Å². The number of allylic oxidation sites excluding steroid dienone is 1. The Morgan fingerprint density at radius 2 is 2.30 bits per heavy atom. The van der Waals surface area contributed by atoms with Gasteiger partial charge in [-0.1, -0.05) is 13.8 Å². The van der Waals surface area contributed by atoms with Crippen molar-refractivity contribution in [3.8, 4) is 0 Å². The Hall–Kier alpha value is -0.790. The van der Waals surface area contributed by atoms with E-state index in [4.69, 9.17) is 5.41 Å². The molecule has 0 fully saturated rings. The van der Waals surface area contributed by atoms with Crippen molar-refractivity contribution in [2.45, 2.75) is 20.3 Å². The Labute approximate surface area is 62.8 Å². The largest absolute Gasteiger partial charge is 0.394 e. The topological polar surface area (TPSA) is 35.9 Å². The first-order valence-corrected chi connectivity index (χ1v) is 3.64. The Balaban J connectivity index is 3.72. The maximum absolute atomic E-state index is 7.47. The zero-order valence-electron chi connectivity index (χ0n) is 6.94. The van der Waals surface area contributed by atoms with Gasteiger partial charge >= 0.3 is 0 Å². The summed E-state index contributed by atoms with van der Waals surface area (Å²) in [7, 11) is 1.83. The molecule has 0 aliphatic heterocycles. The quantitative estimate of drug-likeness (QED) is 0.574. The lowest BCUT2D eigenvalue weighted by Crippen LogP contribution is -2.06. The van der Waals surface area contributed by atoms with Crippen LogP contribution in [-0.2, 0) is 0 Å². The van der Waals surface area contributed by atoms with Crippen LogP contribution in [0.4, 0.5) is 0 Å². The van der Waals surface area contributed by atoms with Crippen molar-refractivity contribution in [1.82, 2.24) is 5.32 Å². The average Bonchev–Trinajstić information content (AvgIpc) is 1.98. The van der Waals surface area contributed by atoms with E-state index in [-0.39, 0.29) is 0 Å². The van der Waals surface area contributed by atoms with Gasteiger partial charge in [-0.05, 0) is 24.6 Å². The molecule has 0 aromatic carbocycles. The molecule has 0 rings (SSSR count). The maximum atomic E-state index is 7.47. The Morgan fingerprint density at radius 1 is 1.70 bits per heavy atom. The van der Waals surface area contributed by atoms with Crippen molar-refractivity contribution in [1.29, 1.82) is 5.41 Å². The molecule has 0 heterocycles. The summed E-state index contributed by atoms with van der Waals surface area (Å²) in [6, 6.07) is 0. The average molecular weight is 140 g/mol. The first-order chi connectivity index (χ1) is 4.72. The van der Waals surface area contributed by atoms with Crippen molar-refractivity contribution >= 4 is 5.71 Å². The molecule has 0 saturated heterocycles. The molecule has 2 heteroatoms. The second kappa shape index (κ2) is 5.03. The van der Waals surface area contributed by atoms with Gasteiger partial charge in [-0.2, -0.15) is 0 Å². The molecule has 1 atom stereocenters. The highest BCUT2D eigenvalue weighted by Gasteiger charge is 2.00.